The van der Waals surface area contributed by atoms with Gasteiger partial charge < -0.3 is 9.84 Å². The Morgan fingerprint density at radius 3 is 2.73 bits per heavy atom. The number of benzene rings is 3. The first-order valence-corrected chi connectivity index (χ1v) is 8.27. The van der Waals surface area contributed by atoms with Gasteiger partial charge in [-0.2, -0.15) is 5.10 Å². The van der Waals surface area contributed by atoms with Gasteiger partial charge in [0.05, 0.1) is 6.21 Å². The molecule has 0 aliphatic rings. The highest BCUT2D eigenvalue weighted by Crippen LogP contribution is 2.25. The first kappa shape index (κ1) is 17.5. The van der Waals surface area contributed by atoms with E-state index in [2.05, 4.69) is 10.5 Å². The normalized spacial score (nSPS) is 11.0. The van der Waals surface area contributed by atoms with Crippen LogP contribution < -0.4 is 10.2 Å². The van der Waals surface area contributed by atoms with Crippen molar-refractivity contribution in [1.29, 1.82) is 0 Å². The van der Waals surface area contributed by atoms with Crippen molar-refractivity contribution < 1.29 is 14.6 Å². The van der Waals surface area contributed by atoms with Crippen LogP contribution in [0.1, 0.15) is 16.7 Å². The summed E-state index contributed by atoms with van der Waals surface area (Å²) in [6.07, 6.45) is 1.44. The number of phenols is 1. The lowest BCUT2D eigenvalue weighted by molar-refractivity contribution is -0.123. The zero-order valence-corrected chi connectivity index (χ0v) is 14.7. The van der Waals surface area contributed by atoms with Crippen LogP contribution in [0.25, 0.3) is 10.8 Å². The van der Waals surface area contributed by atoms with Crippen molar-refractivity contribution >= 4 is 22.9 Å². The number of carbonyl (C=O) groups excluding carboxylic acids is 1. The molecule has 0 heterocycles. The van der Waals surface area contributed by atoms with Gasteiger partial charge in [0.15, 0.2) is 6.61 Å². The molecule has 0 saturated heterocycles. The summed E-state index contributed by atoms with van der Waals surface area (Å²) in [7, 11) is 0. The van der Waals surface area contributed by atoms with Crippen molar-refractivity contribution in [3.63, 3.8) is 0 Å². The largest absolute Gasteiger partial charge is 0.507 e. The van der Waals surface area contributed by atoms with E-state index in [1.807, 2.05) is 62.4 Å². The van der Waals surface area contributed by atoms with Crippen molar-refractivity contribution in [2.75, 3.05) is 6.61 Å². The van der Waals surface area contributed by atoms with Crippen molar-refractivity contribution in [2.24, 2.45) is 5.10 Å². The average molecular weight is 348 g/mol. The molecule has 1 amide bonds. The van der Waals surface area contributed by atoms with Gasteiger partial charge in [-0.05, 0) is 53.9 Å². The lowest BCUT2D eigenvalue weighted by Gasteiger charge is -2.07. The summed E-state index contributed by atoms with van der Waals surface area (Å²) in [5, 5.41) is 15.8. The van der Waals surface area contributed by atoms with Crippen molar-refractivity contribution in [3.05, 3.63) is 71.3 Å². The number of phenolic OH excluding ortho intramolecular Hbond substituents is 1. The molecule has 2 N–H and O–H groups in total. The minimum Gasteiger partial charge on any atom is -0.507 e. The molecule has 3 aromatic carbocycles. The van der Waals surface area contributed by atoms with E-state index in [-0.39, 0.29) is 18.3 Å². The van der Waals surface area contributed by atoms with Crippen molar-refractivity contribution in [3.8, 4) is 11.5 Å². The molecule has 0 aliphatic heterocycles. The number of hydrogen-bond donors (Lipinski definition) is 2. The van der Waals surface area contributed by atoms with Crippen LogP contribution in [0.3, 0.4) is 0 Å². The highest BCUT2D eigenvalue weighted by Gasteiger charge is 2.05. The Labute approximate surface area is 151 Å². The number of nitrogens with zero attached hydrogens (tertiary/aromatic N) is 1. The van der Waals surface area contributed by atoms with Crippen LogP contribution >= 0.6 is 0 Å². The molecule has 0 atom stereocenters. The second kappa shape index (κ2) is 7.70. The number of nitrogens with one attached hydrogen (secondary N) is 1. The predicted molar refractivity (Wildman–Crippen MR) is 103 cm³/mol. The Balaban J connectivity index is 1.62. The molecular weight excluding hydrogens is 328 g/mol. The Bertz CT molecular complexity index is 980. The summed E-state index contributed by atoms with van der Waals surface area (Å²) in [6.45, 7) is 3.87. The van der Waals surface area contributed by atoms with Crippen LogP contribution in [-0.4, -0.2) is 23.8 Å². The van der Waals surface area contributed by atoms with Crippen LogP contribution in [-0.2, 0) is 4.79 Å². The Morgan fingerprint density at radius 2 is 1.92 bits per heavy atom. The molecule has 0 fully saturated rings. The summed E-state index contributed by atoms with van der Waals surface area (Å²) < 4.78 is 5.47. The molecule has 3 aromatic rings. The average Bonchev–Trinajstić information content (AvgIpc) is 2.64. The number of hydrogen-bond acceptors (Lipinski definition) is 4. The molecule has 132 valence electrons. The van der Waals surface area contributed by atoms with E-state index in [0.717, 1.165) is 16.3 Å². The van der Waals surface area contributed by atoms with Crippen LogP contribution in [0, 0.1) is 13.8 Å². The number of aromatic hydroxyl groups is 1. The maximum atomic E-state index is 11.9. The second-order valence-corrected chi connectivity index (χ2v) is 6.05. The molecule has 0 spiro atoms. The smallest absolute Gasteiger partial charge is 0.277 e. The first-order valence-electron chi connectivity index (χ1n) is 8.27. The lowest BCUT2D eigenvalue weighted by atomic mass is 10.0. The summed E-state index contributed by atoms with van der Waals surface area (Å²) in [5.74, 6) is 0.367. The first-order chi connectivity index (χ1) is 12.5. The van der Waals surface area contributed by atoms with E-state index < -0.39 is 0 Å². The van der Waals surface area contributed by atoms with E-state index in [1.54, 1.807) is 6.07 Å². The Hall–Kier alpha value is -3.34. The number of ether oxygens (including phenoxy) is 1. The molecule has 0 saturated carbocycles. The predicted octanol–water partition coefficient (Wildman–Crippen LogP) is 3.69. The number of fused-ring (bicyclic) bond motifs is 1. The zero-order valence-electron chi connectivity index (χ0n) is 14.7. The molecule has 26 heavy (non-hydrogen) atoms. The van der Waals surface area contributed by atoms with Gasteiger partial charge >= 0.3 is 0 Å². The fourth-order valence-corrected chi connectivity index (χ4v) is 2.57. The van der Waals surface area contributed by atoms with Gasteiger partial charge in [0, 0.05) is 5.56 Å². The van der Waals surface area contributed by atoms with E-state index >= 15 is 0 Å². The minimum atomic E-state index is -0.376. The van der Waals surface area contributed by atoms with E-state index in [0.29, 0.717) is 11.3 Å². The third-order valence-corrected chi connectivity index (χ3v) is 4.18. The zero-order chi connectivity index (χ0) is 18.5. The third-order valence-electron chi connectivity index (χ3n) is 4.18. The Morgan fingerprint density at radius 1 is 1.12 bits per heavy atom. The number of aryl methyl sites for hydroxylation is 2. The number of amides is 1. The monoisotopic (exact) mass is 348 g/mol. The standard InChI is InChI=1S/C21H20N2O3/c1-14-7-9-17(11-15(14)2)26-13-21(25)23-22-12-19-18-6-4-3-5-16(18)8-10-20(19)24/h3-12,24H,13H2,1-2H3,(H,23,25)/b22-12+. The van der Waals surface area contributed by atoms with Gasteiger partial charge in [-0.15, -0.1) is 0 Å². The SMILES string of the molecule is Cc1ccc(OCC(=O)N/N=C/c2c(O)ccc3ccccc23)cc1C. The maximum Gasteiger partial charge on any atom is 0.277 e. The fraction of sp³-hybridized carbons (Fsp3) is 0.143. The van der Waals surface area contributed by atoms with Gasteiger partial charge in [-0.3, -0.25) is 4.79 Å². The van der Waals surface area contributed by atoms with Gasteiger partial charge in [0.25, 0.3) is 5.91 Å². The molecule has 0 bridgehead atoms. The maximum absolute atomic E-state index is 11.9. The van der Waals surface area contributed by atoms with Crippen molar-refractivity contribution in [2.45, 2.75) is 13.8 Å². The molecule has 5 nitrogen and oxygen atoms in total. The van der Waals surface area contributed by atoms with Crippen LogP contribution in [0.5, 0.6) is 11.5 Å². The topological polar surface area (TPSA) is 70.9 Å². The molecule has 0 unspecified atom stereocenters. The highest BCUT2D eigenvalue weighted by atomic mass is 16.5. The fourth-order valence-electron chi connectivity index (χ4n) is 2.57. The van der Waals surface area contributed by atoms with E-state index in [1.165, 1.54) is 11.8 Å². The van der Waals surface area contributed by atoms with Crippen LogP contribution in [0.15, 0.2) is 59.7 Å². The third kappa shape index (κ3) is 4.00. The second-order valence-electron chi connectivity index (χ2n) is 6.05. The summed E-state index contributed by atoms with van der Waals surface area (Å²) in [5.41, 5.74) is 5.24. The number of rotatable bonds is 5. The molecule has 0 aliphatic carbocycles. The summed E-state index contributed by atoms with van der Waals surface area (Å²) in [4.78, 5) is 11.9. The van der Waals surface area contributed by atoms with Crippen LogP contribution in [0.4, 0.5) is 0 Å². The van der Waals surface area contributed by atoms with Gasteiger partial charge in [-0.25, -0.2) is 5.43 Å². The molecule has 3 rings (SSSR count). The van der Waals surface area contributed by atoms with Gasteiger partial charge in [-0.1, -0.05) is 36.4 Å². The summed E-state index contributed by atoms with van der Waals surface area (Å²) in [6, 6.07) is 16.7. The van der Waals surface area contributed by atoms with E-state index in [4.69, 9.17) is 4.74 Å². The molecular formula is C21H20N2O3. The highest BCUT2D eigenvalue weighted by molar-refractivity contribution is 6.02. The van der Waals surface area contributed by atoms with Crippen molar-refractivity contribution in [1.82, 2.24) is 5.43 Å². The Kier molecular flexibility index (Phi) is 5.17. The summed E-state index contributed by atoms with van der Waals surface area (Å²) >= 11 is 0. The minimum absolute atomic E-state index is 0.105. The van der Waals surface area contributed by atoms with Gasteiger partial charge in [0.2, 0.25) is 0 Å². The molecule has 0 aromatic heterocycles. The quantitative estimate of drug-likeness (QED) is 0.546. The lowest BCUT2D eigenvalue weighted by Crippen LogP contribution is -2.24. The van der Waals surface area contributed by atoms with E-state index in [9.17, 15) is 9.90 Å². The van der Waals surface area contributed by atoms with Gasteiger partial charge in [0.1, 0.15) is 11.5 Å². The molecule has 0 radical (unpaired) electrons. The number of carbonyl (C=O) groups is 1. The van der Waals surface area contributed by atoms with Crippen LogP contribution in [0.2, 0.25) is 0 Å². The molecule has 5 heteroatoms. The number of hydrazone groups is 1.